The molecular weight excluding hydrogens is 444 g/mol. The quantitative estimate of drug-likeness (QED) is 0.640. The molecule has 3 atom stereocenters. The Morgan fingerprint density at radius 1 is 0.771 bits per heavy atom. The van der Waals surface area contributed by atoms with Crippen LogP contribution in [-0.2, 0) is 9.59 Å². The third kappa shape index (κ3) is 4.34. The molecule has 2 N–H and O–H groups in total. The average molecular weight is 487 g/mol. The average Bonchev–Trinajstić information content (AvgIpc) is 3.41. The predicted octanol–water partition coefficient (Wildman–Crippen LogP) is 2.21. The van der Waals surface area contributed by atoms with Crippen LogP contribution in [0.15, 0.2) is 0 Å². The zero-order chi connectivity index (χ0) is 24.2. The molecule has 35 heavy (non-hydrogen) atoms. The van der Waals surface area contributed by atoms with Gasteiger partial charge in [-0.2, -0.15) is 0 Å². The molecule has 194 valence electrons. The van der Waals surface area contributed by atoms with Gasteiger partial charge >= 0.3 is 6.03 Å². The third-order valence-electron chi connectivity index (χ3n) is 10.3. The van der Waals surface area contributed by atoms with Gasteiger partial charge in [0.25, 0.3) is 0 Å². The van der Waals surface area contributed by atoms with Gasteiger partial charge < -0.3 is 25.1 Å². The number of nitrogens with zero attached hydrogens (tertiary/aromatic N) is 3. The van der Waals surface area contributed by atoms with Crippen LogP contribution in [0, 0.1) is 29.1 Å². The topological polar surface area (TPSA) is 93.2 Å². The molecule has 8 heteroatoms. The molecular formula is C27H42N4O4. The molecule has 0 spiro atoms. The molecule has 7 rings (SSSR count). The molecule has 0 aromatic carbocycles. The van der Waals surface area contributed by atoms with Crippen LogP contribution in [0.2, 0.25) is 0 Å². The Hall–Kier alpha value is -1.83. The van der Waals surface area contributed by atoms with E-state index in [4.69, 9.17) is 0 Å². The lowest BCUT2D eigenvalue weighted by Crippen LogP contribution is -2.61. The van der Waals surface area contributed by atoms with E-state index in [2.05, 4.69) is 5.32 Å². The second kappa shape index (κ2) is 9.24. The number of piperidine rings is 1. The SMILES string of the molecule is O=C(C1CCCC1)N1CCN(C(=O)N2CCC[C@H](NC(=O)C34CC5CC(C3)C(O)C(C5)C4)C2)CC1. The highest BCUT2D eigenvalue weighted by Gasteiger charge is 2.58. The summed E-state index contributed by atoms with van der Waals surface area (Å²) in [7, 11) is 0. The maximum Gasteiger partial charge on any atom is 0.320 e. The minimum absolute atomic E-state index is 0.00311. The molecule has 2 heterocycles. The number of likely N-dealkylation sites (tertiary alicyclic amines) is 1. The number of piperazine rings is 1. The monoisotopic (exact) mass is 486 g/mol. The van der Waals surface area contributed by atoms with Gasteiger partial charge in [-0.1, -0.05) is 12.8 Å². The van der Waals surface area contributed by atoms with Gasteiger partial charge in [-0.05, 0) is 75.5 Å². The molecule has 8 nitrogen and oxygen atoms in total. The van der Waals surface area contributed by atoms with Crippen molar-refractivity contribution in [3.63, 3.8) is 0 Å². The molecule has 0 aromatic heterocycles. The summed E-state index contributed by atoms with van der Waals surface area (Å²) in [6.07, 6.45) is 10.7. The van der Waals surface area contributed by atoms with Crippen molar-refractivity contribution in [2.75, 3.05) is 39.3 Å². The second-order valence-electron chi connectivity index (χ2n) is 12.6. The summed E-state index contributed by atoms with van der Waals surface area (Å²) >= 11 is 0. The highest BCUT2D eigenvalue weighted by molar-refractivity contribution is 5.84. The van der Waals surface area contributed by atoms with Crippen LogP contribution in [-0.4, -0.2) is 89.1 Å². The lowest BCUT2D eigenvalue weighted by atomic mass is 9.48. The van der Waals surface area contributed by atoms with Crippen LogP contribution in [0.3, 0.4) is 0 Å². The lowest BCUT2D eigenvalue weighted by molar-refractivity contribution is -0.164. The standard InChI is InChI=1S/C27H42N4O4/c32-23-20-12-18-13-21(23)16-27(14-18,15-20)25(34)28-22-6-3-7-31(17-22)26(35)30-10-8-29(9-11-30)24(33)19-4-1-2-5-19/h18-23,32H,1-17H2,(H,28,34)/t18?,20?,21?,22-,23?,27?/m0/s1. The number of hydrogen-bond acceptors (Lipinski definition) is 4. The van der Waals surface area contributed by atoms with E-state index in [1.165, 1.54) is 0 Å². The van der Waals surface area contributed by atoms with Crippen LogP contribution in [0.25, 0.3) is 0 Å². The van der Waals surface area contributed by atoms with E-state index in [0.29, 0.717) is 38.6 Å². The van der Waals surface area contributed by atoms with Crippen LogP contribution < -0.4 is 5.32 Å². The smallest absolute Gasteiger partial charge is 0.320 e. The highest BCUT2D eigenvalue weighted by Crippen LogP contribution is 2.60. The van der Waals surface area contributed by atoms with Crippen molar-refractivity contribution < 1.29 is 19.5 Å². The van der Waals surface area contributed by atoms with Crippen molar-refractivity contribution in [1.82, 2.24) is 20.0 Å². The highest BCUT2D eigenvalue weighted by atomic mass is 16.3. The second-order valence-corrected chi connectivity index (χ2v) is 12.6. The zero-order valence-corrected chi connectivity index (χ0v) is 21.0. The third-order valence-corrected chi connectivity index (χ3v) is 10.3. The van der Waals surface area contributed by atoms with E-state index in [1.807, 2.05) is 14.7 Å². The number of nitrogens with one attached hydrogen (secondary N) is 1. The first-order valence-electron chi connectivity index (χ1n) is 14.2. The number of carbonyl (C=O) groups excluding carboxylic acids is 3. The number of amides is 4. The van der Waals surface area contributed by atoms with E-state index >= 15 is 0 Å². The molecule has 4 bridgehead atoms. The Labute approximate surface area is 208 Å². The van der Waals surface area contributed by atoms with Crippen molar-refractivity contribution in [3.05, 3.63) is 0 Å². The summed E-state index contributed by atoms with van der Waals surface area (Å²) in [6, 6.07) is 0.0539. The van der Waals surface area contributed by atoms with Gasteiger partial charge in [0, 0.05) is 51.2 Å². The molecule has 5 aliphatic carbocycles. The molecule has 2 aliphatic heterocycles. The molecule has 7 aliphatic rings. The number of rotatable bonds is 3. The van der Waals surface area contributed by atoms with Gasteiger partial charge in [-0.25, -0.2) is 4.79 Å². The van der Waals surface area contributed by atoms with E-state index in [1.54, 1.807) is 0 Å². The Morgan fingerprint density at radius 2 is 1.43 bits per heavy atom. The summed E-state index contributed by atoms with van der Waals surface area (Å²) in [4.78, 5) is 45.3. The molecule has 7 fully saturated rings. The zero-order valence-electron chi connectivity index (χ0n) is 21.0. The van der Waals surface area contributed by atoms with Crippen LogP contribution in [0.4, 0.5) is 4.79 Å². The van der Waals surface area contributed by atoms with Gasteiger partial charge in [0.1, 0.15) is 0 Å². The summed E-state index contributed by atoms with van der Waals surface area (Å²) in [5.74, 6) is 1.81. The minimum Gasteiger partial charge on any atom is -0.393 e. The van der Waals surface area contributed by atoms with E-state index in [0.717, 1.165) is 77.2 Å². The molecule has 4 amide bonds. The fourth-order valence-corrected chi connectivity index (χ4v) is 8.63. The van der Waals surface area contributed by atoms with Crippen LogP contribution in [0.1, 0.15) is 70.6 Å². The maximum absolute atomic E-state index is 13.5. The first-order valence-corrected chi connectivity index (χ1v) is 14.2. The fraction of sp³-hybridized carbons (Fsp3) is 0.889. The Bertz CT molecular complexity index is 834. The number of hydrogen-bond donors (Lipinski definition) is 2. The van der Waals surface area contributed by atoms with E-state index in [-0.39, 0.29) is 53.2 Å². The molecule has 2 unspecified atom stereocenters. The normalized spacial score (nSPS) is 39.2. The summed E-state index contributed by atoms with van der Waals surface area (Å²) in [5.41, 5.74) is -0.301. The van der Waals surface area contributed by atoms with Crippen molar-refractivity contribution >= 4 is 17.8 Å². The Balaban J connectivity index is 1.01. The largest absolute Gasteiger partial charge is 0.393 e. The predicted molar refractivity (Wildman–Crippen MR) is 130 cm³/mol. The van der Waals surface area contributed by atoms with Gasteiger partial charge in [0.15, 0.2) is 0 Å². The first-order chi connectivity index (χ1) is 16.9. The number of aliphatic hydroxyl groups is 1. The number of carbonyl (C=O) groups is 3. The van der Waals surface area contributed by atoms with Crippen molar-refractivity contribution in [2.24, 2.45) is 29.1 Å². The van der Waals surface area contributed by atoms with Gasteiger partial charge in [-0.3, -0.25) is 9.59 Å². The fourth-order valence-electron chi connectivity index (χ4n) is 8.63. The first kappa shape index (κ1) is 23.6. The van der Waals surface area contributed by atoms with Crippen LogP contribution >= 0.6 is 0 Å². The van der Waals surface area contributed by atoms with Gasteiger partial charge in [0.05, 0.1) is 11.5 Å². The molecule has 0 aromatic rings. The van der Waals surface area contributed by atoms with E-state index < -0.39 is 0 Å². The van der Waals surface area contributed by atoms with Crippen molar-refractivity contribution in [3.8, 4) is 0 Å². The van der Waals surface area contributed by atoms with Crippen molar-refractivity contribution in [1.29, 1.82) is 0 Å². The minimum atomic E-state index is -0.301. The number of urea groups is 1. The molecule has 2 saturated heterocycles. The summed E-state index contributed by atoms with van der Waals surface area (Å²) in [6.45, 7) is 3.76. The van der Waals surface area contributed by atoms with Crippen LogP contribution in [0.5, 0.6) is 0 Å². The Morgan fingerprint density at radius 3 is 2.11 bits per heavy atom. The maximum atomic E-state index is 13.5. The summed E-state index contributed by atoms with van der Waals surface area (Å²) < 4.78 is 0. The van der Waals surface area contributed by atoms with E-state index in [9.17, 15) is 19.5 Å². The lowest BCUT2D eigenvalue weighted by Gasteiger charge is -2.58. The Kier molecular flexibility index (Phi) is 6.22. The molecule has 5 saturated carbocycles. The molecule has 0 radical (unpaired) electrons. The number of aliphatic hydroxyl groups excluding tert-OH is 1. The summed E-state index contributed by atoms with van der Waals surface area (Å²) in [5, 5.41) is 13.9. The van der Waals surface area contributed by atoms with Gasteiger partial charge in [-0.15, -0.1) is 0 Å². The van der Waals surface area contributed by atoms with Gasteiger partial charge in [0.2, 0.25) is 11.8 Å². The van der Waals surface area contributed by atoms with Crippen molar-refractivity contribution in [2.45, 2.75) is 82.8 Å².